The molecule has 10 heteroatoms. The smallest absolute Gasteiger partial charge is 0.337 e. The van der Waals surface area contributed by atoms with Crippen LogP contribution >= 0.6 is 11.6 Å². The predicted molar refractivity (Wildman–Crippen MR) is 112 cm³/mol. The van der Waals surface area contributed by atoms with Gasteiger partial charge in [0.15, 0.2) is 0 Å². The highest BCUT2D eigenvalue weighted by molar-refractivity contribution is 7.89. The molecular formula is C20H20ClN3O5S. The molecule has 1 heterocycles. The zero-order valence-electron chi connectivity index (χ0n) is 16.1. The van der Waals surface area contributed by atoms with Crippen LogP contribution in [0.5, 0.6) is 0 Å². The summed E-state index contributed by atoms with van der Waals surface area (Å²) in [6.07, 6.45) is 2.39. The standard InChI is InChI=1S/C20H20ClN3O5S/c1-29-20(26)15-6-4-14(5-7-15)13-22-23-19(25)18-3-2-12-24(18)30(27,28)17-10-8-16(21)9-11-17/h4-11,13,18H,2-3,12H2,1H3,(H,23,25). The highest BCUT2D eigenvalue weighted by Gasteiger charge is 2.39. The van der Waals surface area contributed by atoms with E-state index in [1.807, 2.05) is 0 Å². The van der Waals surface area contributed by atoms with Gasteiger partial charge in [0.05, 0.1) is 23.8 Å². The van der Waals surface area contributed by atoms with E-state index in [0.717, 1.165) is 0 Å². The van der Waals surface area contributed by atoms with Crippen LogP contribution in [0, 0.1) is 0 Å². The Labute approximate surface area is 179 Å². The number of ether oxygens (including phenoxy) is 1. The molecule has 0 saturated carbocycles. The second-order valence-electron chi connectivity index (χ2n) is 6.58. The van der Waals surface area contributed by atoms with E-state index in [1.54, 1.807) is 24.3 Å². The number of hydrogen-bond donors (Lipinski definition) is 1. The first-order valence-electron chi connectivity index (χ1n) is 9.11. The molecule has 0 aliphatic carbocycles. The van der Waals surface area contributed by atoms with E-state index in [-0.39, 0.29) is 11.4 Å². The monoisotopic (exact) mass is 449 g/mol. The first kappa shape index (κ1) is 21.9. The molecule has 0 aromatic heterocycles. The average Bonchev–Trinajstić information content (AvgIpc) is 3.25. The Kier molecular flexibility index (Phi) is 6.86. The summed E-state index contributed by atoms with van der Waals surface area (Å²) in [4.78, 5) is 24.1. The van der Waals surface area contributed by atoms with E-state index in [9.17, 15) is 18.0 Å². The van der Waals surface area contributed by atoms with Crippen molar-refractivity contribution in [3.05, 3.63) is 64.7 Å². The minimum atomic E-state index is -3.82. The van der Waals surface area contributed by atoms with Crippen molar-refractivity contribution < 1.29 is 22.7 Å². The number of esters is 1. The van der Waals surface area contributed by atoms with Gasteiger partial charge in [-0.1, -0.05) is 23.7 Å². The largest absolute Gasteiger partial charge is 0.465 e. The molecular weight excluding hydrogens is 430 g/mol. The third kappa shape index (κ3) is 4.86. The summed E-state index contributed by atoms with van der Waals surface area (Å²) in [6.45, 7) is 0.252. The van der Waals surface area contributed by atoms with Gasteiger partial charge in [-0.3, -0.25) is 4.79 Å². The summed E-state index contributed by atoms with van der Waals surface area (Å²) in [5.74, 6) is -0.956. The number of nitrogens with one attached hydrogen (secondary N) is 1. The van der Waals surface area contributed by atoms with Gasteiger partial charge < -0.3 is 4.74 Å². The SMILES string of the molecule is COC(=O)c1ccc(C=NNC(=O)C2CCCN2S(=O)(=O)c2ccc(Cl)cc2)cc1. The molecule has 0 bridgehead atoms. The summed E-state index contributed by atoms with van der Waals surface area (Å²) >= 11 is 5.83. The average molecular weight is 450 g/mol. The highest BCUT2D eigenvalue weighted by Crippen LogP contribution is 2.27. The second kappa shape index (κ2) is 9.38. The Balaban J connectivity index is 1.66. The fourth-order valence-electron chi connectivity index (χ4n) is 3.10. The van der Waals surface area contributed by atoms with Crippen LogP contribution in [0.15, 0.2) is 58.5 Å². The van der Waals surface area contributed by atoms with E-state index in [0.29, 0.717) is 29.0 Å². The van der Waals surface area contributed by atoms with Crippen LogP contribution in [0.1, 0.15) is 28.8 Å². The van der Waals surface area contributed by atoms with Gasteiger partial charge in [0.25, 0.3) is 5.91 Å². The number of nitrogens with zero attached hydrogens (tertiary/aromatic N) is 2. The normalized spacial score (nSPS) is 17.2. The minimum Gasteiger partial charge on any atom is -0.465 e. The van der Waals surface area contributed by atoms with Crippen molar-refractivity contribution in [2.45, 2.75) is 23.8 Å². The number of methoxy groups -OCH3 is 1. The summed E-state index contributed by atoms with van der Waals surface area (Å²) < 4.78 is 31.6. The van der Waals surface area contributed by atoms with Crippen LogP contribution in [0.4, 0.5) is 0 Å². The Morgan fingerprint density at radius 3 is 2.47 bits per heavy atom. The molecule has 2 aromatic carbocycles. The van der Waals surface area contributed by atoms with Crippen LogP contribution < -0.4 is 5.43 Å². The number of hydrogen-bond acceptors (Lipinski definition) is 6. The quantitative estimate of drug-likeness (QED) is 0.414. The van der Waals surface area contributed by atoms with E-state index in [4.69, 9.17) is 11.6 Å². The number of carbonyl (C=O) groups is 2. The van der Waals surface area contributed by atoms with Crippen molar-refractivity contribution in [2.24, 2.45) is 5.10 Å². The lowest BCUT2D eigenvalue weighted by Gasteiger charge is -2.22. The van der Waals surface area contributed by atoms with Gasteiger partial charge in [-0.05, 0) is 54.8 Å². The van der Waals surface area contributed by atoms with Crippen LogP contribution in [0.2, 0.25) is 5.02 Å². The summed E-state index contributed by atoms with van der Waals surface area (Å²) in [6, 6.07) is 11.4. The van der Waals surface area contributed by atoms with E-state index in [1.165, 1.54) is 41.9 Å². The first-order chi connectivity index (χ1) is 14.3. The first-order valence-corrected chi connectivity index (χ1v) is 10.9. The van der Waals surface area contributed by atoms with Crippen molar-refractivity contribution >= 4 is 39.7 Å². The van der Waals surface area contributed by atoms with E-state index in [2.05, 4.69) is 15.3 Å². The number of halogens is 1. The van der Waals surface area contributed by atoms with Gasteiger partial charge in [0, 0.05) is 11.6 Å². The van der Waals surface area contributed by atoms with Crippen molar-refractivity contribution in [1.29, 1.82) is 0 Å². The van der Waals surface area contributed by atoms with Gasteiger partial charge in [0.1, 0.15) is 6.04 Å². The van der Waals surface area contributed by atoms with Gasteiger partial charge in [-0.2, -0.15) is 9.41 Å². The van der Waals surface area contributed by atoms with Crippen molar-refractivity contribution in [2.75, 3.05) is 13.7 Å². The molecule has 1 amide bonds. The molecule has 1 saturated heterocycles. The maximum Gasteiger partial charge on any atom is 0.337 e. The van der Waals surface area contributed by atoms with Gasteiger partial charge >= 0.3 is 5.97 Å². The Morgan fingerprint density at radius 2 is 1.83 bits per heavy atom. The molecule has 1 atom stereocenters. The van der Waals surface area contributed by atoms with E-state index < -0.39 is 27.9 Å². The number of sulfonamides is 1. The van der Waals surface area contributed by atoms with Crippen LogP contribution in [0.25, 0.3) is 0 Å². The molecule has 1 aliphatic rings. The molecule has 1 fully saturated rings. The maximum atomic E-state index is 12.9. The molecule has 1 aliphatic heterocycles. The fraction of sp³-hybridized carbons (Fsp3) is 0.250. The number of carbonyl (C=O) groups excluding carboxylic acids is 2. The van der Waals surface area contributed by atoms with Crippen molar-refractivity contribution in [1.82, 2.24) is 9.73 Å². The lowest BCUT2D eigenvalue weighted by atomic mass is 10.1. The molecule has 0 radical (unpaired) electrons. The second-order valence-corrected chi connectivity index (χ2v) is 8.90. The zero-order valence-corrected chi connectivity index (χ0v) is 17.7. The Morgan fingerprint density at radius 1 is 1.17 bits per heavy atom. The van der Waals surface area contributed by atoms with Crippen molar-refractivity contribution in [3.8, 4) is 0 Å². The number of amides is 1. The predicted octanol–water partition coefficient (Wildman–Crippen LogP) is 2.43. The van der Waals surface area contributed by atoms with Crippen LogP contribution in [-0.4, -0.2) is 50.5 Å². The molecule has 2 aromatic rings. The third-order valence-electron chi connectivity index (χ3n) is 4.65. The topological polar surface area (TPSA) is 105 Å². The van der Waals surface area contributed by atoms with Crippen LogP contribution in [-0.2, 0) is 19.6 Å². The van der Waals surface area contributed by atoms with Gasteiger partial charge in [0.2, 0.25) is 10.0 Å². The maximum absolute atomic E-state index is 12.9. The molecule has 0 spiro atoms. The lowest BCUT2D eigenvalue weighted by molar-refractivity contribution is -0.124. The van der Waals surface area contributed by atoms with Crippen molar-refractivity contribution in [3.63, 3.8) is 0 Å². The fourth-order valence-corrected chi connectivity index (χ4v) is 4.88. The number of hydrazone groups is 1. The van der Waals surface area contributed by atoms with Gasteiger partial charge in [-0.25, -0.2) is 18.6 Å². The van der Waals surface area contributed by atoms with Gasteiger partial charge in [-0.15, -0.1) is 0 Å². The Bertz CT molecular complexity index is 1050. The number of benzene rings is 2. The molecule has 3 rings (SSSR count). The van der Waals surface area contributed by atoms with Crippen LogP contribution in [0.3, 0.4) is 0 Å². The molecule has 1 unspecified atom stereocenters. The summed E-state index contributed by atoms with van der Waals surface area (Å²) in [7, 11) is -2.53. The third-order valence-corrected chi connectivity index (χ3v) is 6.82. The molecule has 158 valence electrons. The zero-order chi connectivity index (χ0) is 21.7. The Hall–Kier alpha value is -2.75. The lowest BCUT2D eigenvalue weighted by Crippen LogP contribution is -2.44. The minimum absolute atomic E-state index is 0.0841. The highest BCUT2D eigenvalue weighted by atomic mass is 35.5. The summed E-state index contributed by atoms with van der Waals surface area (Å²) in [5, 5.41) is 4.33. The molecule has 8 nitrogen and oxygen atoms in total. The number of rotatable bonds is 6. The summed E-state index contributed by atoms with van der Waals surface area (Å²) in [5.41, 5.74) is 3.44. The molecule has 30 heavy (non-hydrogen) atoms. The molecule has 1 N–H and O–H groups in total. The van der Waals surface area contributed by atoms with E-state index >= 15 is 0 Å².